The van der Waals surface area contributed by atoms with Gasteiger partial charge in [-0.15, -0.1) is 0 Å². The number of halogens is 1. The molecule has 0 radical (unpaired) electrons. The van der Waals surface area contributed by atoms with E-state index in [0.29, 0.717) is 37.5 Å². The van der Waals surface area contributed by atoms with Crippen LogP contribution in [0.3, 0.4) is 0 Å². The first-order chi connectivity index (χ1) is 25.4. The van der Waals surface area contributed by atoms with Crippen LogP contribution in [0.2, 0.25) is 5.02 Å². The lowest BCUT2D eigenvalue weighted by Gasteiger charge is -2.35. The van der Waals surface area contributed by atoms with E-state index in [4.69, 9.17) is 16.3 Å². The fraction of sp³-hybridized carbons (Fsp3) is 0.500. The van der Waals surface area contributed by atoms with Crippen molar-refractivity contribution in [1.29, 1.82) is 0 Å². The number of ether oxygens (including phenoxy) is 1. The fourth-order valence-electron chi connectivity index (χ4n) is 7.79. The molecule has 284 valence electrons. The number of hydrogen-bond donors (Lipinski definition) is 3. The predicted octanol–water partition coefficient (Wildman–Crippen LogP) is 7.03. The molecule has 0 spiro atoms. The molecule has 1 unspecified atom stereocenters. The zero-order valence-corrected chi connectivity index (χ0v) is 32.0. The third-order valence-corrected chi connectivity index (χ3v) is 11.2. The van der Waals surface area contributed by atoms with Crippen LogP contribution in [0.1, 0.15) is 96.3 Å². The number of carbonyl (C=O) groups excluding carboxylic acids is 5. The second kappa shape index (κ2) is 18.1. The first kappa shape index (κ1) is 39.8. The molecular formula is C42H53ClN4O6. The summed E-state index contributed by atoms with van der Waals surface area (Å²) >= 11 is 6.43. The van der Waals surface area contributed by atoms with Crippen molar-refractivity contribution in [2.24, 2.45) is 11.8 Å². The number of likely N-dealkylation sites (N-methyl/N-ethyl adjacent to an activating group) is 1. The molecule has 4 atom stereocenters. The second-order valence-corrected chi connectivity index (χ2v) is 15.4. The Bertz CT molecular complexity index is 1790. The van der Waals surface area contributed by atoms with Crippen LogP contribution >= 0.6 is 11.6 Å². The largest absolute Gasteiger partial charge is 0.440 e. The van der Waals surface area contributed by atoms with Gasteiger partial charge in [-0.1, -0.05) is 106 Å². The van der Waals surface area contributed by atoms with Gasteiger partial charge in [-0.05, 0) is 79.1 Å². The smallest absolute Gasteiger partial charge is 0.408 e. The van der Waals surface area contributed by atoms with E-state index in [1.54, 1.807) is 19.9 Å². The zero-order chi connectivity index (χ0) is 38.1. The Morgan fingerprint density at radius 1 is 0.868 bits per heavy atom. The van der Waals surface area contributed by atoms with E-state index < -0.39 is 53.2 Å². The number of carbonyl (C=O) groups is 5. The van der Waals surface area contributed by atoms with E-state index in [9.17, 15) is 24.0 Å². The van der Waals surface area contributed by atoms with Gasteiger partial charge in [0.05, 0.1) is 6.04 Å². The first-order valence-corrected chi connectivity index (χ1v) is 19.4. The van der Waals surface area contributed by atoms with Crippen LogP contribution in [0.4, 0.5) is 4.79 Å². The van der Waals surface area contributed by atoms with Crippen LogP contribution in [0, 0.1) is 11.8 Å². The minimum absolute atomic E-state index is 0.0120. The molecule has 0 aromatic heterocycles. The van der Waals surface area contributed by atoms with Crippen LogP contribution in [-0.2, 0) is 29.3 Å². The average molecular weight is 745 g/mol. The van der Waals surface area contributed by atoms with Crippen molar-refractivity contribution < 1.29 is 28.7 Å². The highest BCUT2D eigenvalue weighted by Gasteiger charge is 2.39. The van der Waals surface area contributed by atoms with E-state index in [2.05, 4.69) is 16.0 Å². The van der Waals surface area contributed by atoms with Crippen LogP contribution in [0.15, 0.2) is 66.7 Å². The molecule has 3 aromatic rings. The molecule has 10 nitrogen and oxygen atoms in total. The molecule has 53 heavy (non-hydrogen) atoms. The number of amides is 4. The molecule has 4 amide bonds. The number of Topliss-reactive ketones (excluding diaryl/α,β-unsaturated/α-hetero) is 1. The number of nitrogens with zero attached hydrogens (tertiary/aromatic N) is 1. The van der Waals surface area contributed by atoms with E-state index in [1.165, 1.54) is 4.90 Å². The Morgan fingerprint density at radius 3 is 2.25 bits per heavy atom. The maximum Gasteiger partial charge on any atom is 0.408 e. The number of fused-ring (bicyclic) bond motifs is 1. The summed E-state index contributed by atoms with van der Waals surface area (Å²) in [5.41, 5.74) is 0.880. The Morgan fingerprint density at radius 2 is 1.58 bits per heavy atom. The number of nitrogens with one attached hydrogen (secondary N) is 3. The van der Waals surface area contributed by atoms with Crippen molar-refractivity contribution in [3.63, 3.8) is 0 Å². The summed E-state index contributed by atoms with van der Waals surface area (Å²) < 4.78 is 6.33. The highest BCUT2D eigenvalue weighted by molar-refractivity contribution is 6.38. The lowest BCUT2D eigenvalue weighted by molar-refractivity contribution is -0.146. The molecule has 1 aliphatic heterocycles. The summed E-state index contributed by atoms with van der Waals surface area (Å²) in [6.45, 7) is 8.65. The highest BCUT2D eigenvalue weighted by Crippen LogP contribution is 2.41. The number of alkyl carbamates (subject to hydrolysis) is 1. The van der Waals surface area contributed by atoms with Gasteiger partial charge in [0.2, 0.25) is 17.6 Å². The Kier molecular flexibility index (Phi) is 13.5. The lowest BCUT2D eigenvalue weighted by atomic mass is 9.76. The highest BCUT2D eigenvalue weighted by atomic mass is 35.5. The van der Waals surface area contributed by atoms with Crippen LogP contribution in [0.25, 0.3) is 10.8 Å². The van der Waals surface area contributed by atoms with Crippen molar-refractivity contribution in [3.05, 3.63) is 82.9 Å². The van der Waals surface area contributed by atoms with Crippen molar-refractivity contribution in [1.82, 2.24) is 20.9 Å². The maximum atomic E-state index is 14.2. The van der Waals surface area contributed by atoms with Crippen LogP contribution in [0.5, 0.6) is 0 Å². The molecule has 11 heteroatoms. The minimum Gasteiger partial charge on any atom is -0.440 e. The van der Waals surface area contributed by atoms with Crippen molar-refractivity contribution in [2.75, 3.05) is 19.6 Å². The standard InChI is InChI=1S/C42H53ClN4O6/c1-5-47(6-2)40(51)36(48)34(25-31-21-22-44-38(31)49)45-39(50)35(23-27-13-8-7-9-14-27)46-41(52)53-37(42(3,4)32-17-12-18-33(43)26-32)30-20-19-28-15-10-11-16-29(28)24-30/h10-12,15-20,24,26-27,31,34-35,37H,5-9,13-14,21-23,25H2,1-4H3,(H,44,49)(H,45,50)(H,46,52)/t31-,34-,35-,37?/m0/s1. The second-order valence-electron chi connectivity index (χ2n) is 15.0. The molecule has 1 heterocycles. The van der Waals surface area contributed by atoms with Gasteiger partial charge in [-0.2, -0.15) is 0 Å². The molecule has 0 bridgehead atoms. The van der Waals surface area contributed by atoms with E-state index in [-0.39, 0.29) is 18.2 Å². The normalized spacial score (nSPS) is 18.1. The summed E-state index contributed by atoms with van der Waals surface area (Å²) in [5, 5.41) is 11.0. The Labute approximate surface area is 317 Å². The first-order valence-electron chi connectivity index (χ1n) is 19.0. The number of hydrogen-bond acceptors (Lipinski definition) is 6. The van der Waals surface area contributed by atoms with Gasteiger partial charge in [0.25, 0.3) is 5.91 Å². The number of benzene rings is 3. The predicted molar refractivity (Wildman–Crippen MR) is 206 cm³/mol. The van der Waals surface area contributed by atoms with Gasteiger partial charge < -0.3 is 25.6 Å². The van der Waals surface area contributed by atoms with Crippen molar-refractivity contribution >= 4 is 52.0 Å². The fourth-order valence-corrected chi connectivity index (χ4v) is 7.98. The van der Waals surface area contributed by atoms with Gasteiger partial charge in [-0.25, -0.2) is 4.79 Å². The third kappa shape index (κ3) is 9.96. The SMILES string of the molecule is CCN(CC)C(=O)C(=O)[C@H](C[C@@H]1CCNC1=O)NC(=O)[C@H](CC1CCCCC1)NC(=O)OC(c1ccc2ccccc2c1)C(C)(C)c1cccc(Cl)c1. The summed E-state index contributed by atoms with van der Waals surface area (Å²) in [7, 11) is 0. The molecule has 1 saturated carbocycles. The number of ketones is 1. The maximum absolute atomic E-state index is 14.2. The molecule has 5 rings (SSSR count). The zero-order valence-electron chi connectivity index (χ0n) is 31.3. The number of rotatable bonds is 15. The molecule has 1 aliphatic carbocycles. The minimum atomic E-state index is -1.23. The van der Waals surface area contributed by atoms with Crippen LogP contribution in [-0.4, -0.2) is 66.2 Å². The quantitative estimate of drug-likeness (QED) is 0.143. The van der Waals surface area contributed by atoms with E-state index >= 15 is 0 Å². The lowest BCUT2D eigenvalue weighted by Crippen LogP contribution is -2.55. The van der Waals surface area contributed by atoms with Gasteiger partial charge >= 0.3 is 6.09 Å². The monoisotopic (exact) mass is 744 g/mol. The summed E-state index contributed by atoms with van der Waals surface area (Å²) in [4.78, 5) is 69.2. The van der Waals surface area contributed by atoms with Crippen molar-refractivity contribution in [3.8, 4) is 0 Å². The average Bonchev–Trinajstić information content (AvgIpc) is 3.57. The van der Waals surface area contributed by atoms with E-state index in [1.807, 2.05) is 74.5 Å². The van der Waals surface area contributed by atoms with Crippen molar-refractivity contribution in [2.45, 2.75) is 103 Å². The summed E-state index contributed by atoms with van der Waals surface area (Å²) in [5.74, 6) is -2.65. The topological polar surface area (TPSA) is 134 Å². The van der Waals surface area contributed by atoms with Crippen LogP contribution < -0.4 is 16.0 Å². The van der Waals surface area contributed by atoms with Gasteiger partial charge in [-0.3, -0.25) is 19.2 Å². The van der Waals surface area contributed by atoms with Gasteiger partial charge in [0.1, 0.15) is 12.1 Å². The molecular weight excluding hydrogens is 692 g/mol. The molecule has 3 N–H and O–H groups in total. The molecule has 2 aliphatic rings. The Balaban J connectivity index is 1.43. The third-order valence-electron chi connectivity index (χ3n) is 11.0. The van der Waals surface area contributed by atoms with E-state index in [0.717, 1.165) is 54.0 Å². The van der Waals surface area contributed by atoms with Gasteiger partial charge in [0, 0.05) is 36.0 Å². The van der Waals surface area contributed by atoms with Gasteiger partial charge in [0.15, 0.2) is 0 Å². The Hall–Kier alpha value is -4.44. The molecule has 1 saturated heterocycles. The summed E-state index contributed by atoms with van der Waals surface area (Å²) in [6.07, 6.45) is 4.23. The molecule has 2 fully saturated rings. The summed E-state index contributed by atoms with van der Waals surface area (Å²) in [6, 6.07) is 19.1. The molecule has 3 aromatic carbocycles.